The molecule has 0 bridgehead atoms. The Balaban J connectivity index is 2.60. The number of nitrogens with zero attached hydrogens (tertiary/aromatic N) is 1. The monoisotopic (exact) mass is 273 g/mol. The standard InChI is InChI=1S/C14H31N3O2/c1-13(2,18-5)7-6-12(16-15)14(3,4)17-8-10-19-11-9-17/h12,16H,6-11,15H2,1-5H3. The summed E-state index contributed by atoms with van der Waals surface area (Å²) in [6.07, 6.45) is 1.97. The third-order valence-corrected chi connectivity index (χ3v) is 4.47. The minimum atomic E-state index is -0.101. The quantitative estimate of drug-likeness (QED) is 0.538. The van der Waals surface area contributed by atoms with Gasteiger partial charge in [-0.1, -0.05) is 0 Å². The van der Waals surface area contributed by atoms with Crippen LogP contribution in [0.15, 0.2) is 0 Å². The molecule has 0 spiro atoms. The van der Waals surface area contributed by atoms with E-state index < -0.39 is 0 Å². The predicted molar refractivity (Wildman–Crippen MR) is 77.9 cm³/mol. The van der Waals surface area contributed by atoms with E-state index in [1.54, 1.807) is 7.11 Å². The molecule has 1 rings (SSSR count). The first-order valence-corrected chi connectivity index (χ1v) is 7.17. The van der Waals surface area contributed by atoms with Gasteiger partial charge >= 0.3 is 0 Å². The zero-order valence-corrected chi connectivity index (χ0v) is 13.2. The first-order chi connectivity index (χ1) is 8.83. The summed E-state index contributed by atoms with van der Waals surface area (Å²) in [6.45, 7) is 12.3. The van der Waals surface area contributed by atoms with E-state index in [9.17, 15) is 0 Å². The molecule has 1 aliphatic rings. The molecule has 5 heteroatoms. The first kappa shape index (κ1) is 16.9. The van der Waals surface area contributed by atoms with Gasteiger partial charge in [0, 0.05) is 31.8 Å². The number of ether oxygens (including phenoxy) is 2. The predicted octanol–water partition coefficient (Wildman–Crippen LogP) is 1.13. The molecule has 1 atom stereocenters. The molecule has 0 aliphatic carbocycles. The zero-order chi connectivity index (χ0) is 14.5. The summed E-state index contributed by atoms with van der Waals surface area (Å²) in [6, 6.07) is 0.236. The molecule has 0 aromatic carbocycles. The number of hydrazine groups is 1. The molecule has 1 heterocycles. The van der Waals surface area contributed by atoms with Crippen molar-refractivity contribution in [3.8, 4) is 0 Å². The van der Waals surface area contributed by atoms with Crippen molar-refractivity contribution in [3.63, 3.8) is 0 Å². The number of methoxy groups -OCH3 is 1. The molecule has 3 N–H and O–H groups in total. The highest BCUT2D eigenvalue weighted by molar-refractivity contribution is 4.94. The maximum atomic E-state index is 5.79. The van der Waals surface area contributed by atoms with Crippen LogP contribution in [0.3, 0.4) is 0 Å². The van der Waals surface area contributed by atoms with Gasteiger partial charge in [0.15, 0.2) is 0 Å². The molecule has 114 valence electrons. The lowest BCUT2D eigenvalue weighted by molar-refractivity contribution is -0.0319. The van der Waals surface area contributed by atoms with Crippen molar-refractivity contribution in [2.45, 2.75) is 57.7 Å². The molecule has 0 saturated carbocycles. The van der Waals surface area contributed by atoms with Crippen molar-refractivity contribution in [2.75, 3.05) is 33.4 Å². The van der Waals surface area contributed by atoms with Crippen LogP contribution in [0.25, 0.3) is 0 Å². The van der Waals surface area contributed by atoms with Gasteiger partial charge in [-0.05, 0) is 40.5 Å². The molecule has 0 aromatic rings. The second-order valence-electron chi connectivity index (χ2n) is 6.47. The SMILES string of the molecule is COC(C)(C)CCC(NN)C(C)(C)N1CCOCC1. The number of nitrogens with two attached hydrogens (primary N) is 1. The normalized spacial score (nSPS) is 20.5. The summed E-state index contributed by atoms with van der Waals surface area (Å²) in [5.74, 6) is 5.79. The minimum Gasteiger partial charge on any atom is -0.379 e. The van der Waals surface area contributed by atoms with Gasteiger partial charge in [-0.15, -0.1) is 0 Å². The van der Waals surface area contributed by atoms with Gasteiger partial charge < -0.3 is 9.47 Å². The fourth-order valence-electron chi connectivity index (χ4n) is 2.59. The highest BCUT2D eigenvalue weighted by Crippen LogP contribution is 2.26. The van der Waals surface area contributed by atoms with Crippen molar-refractivity contribution in [2.24, 2.45) is 5.84 Å². The maximum Gasteiger partial charge on any atom is 0.0623 e. The van der Waals surface area contributed by atoms with Gasteiger partial charge in [-0.2, -0.15) is 0 Å². The first-order valence-electron chi connectivity index (χ1n) is 7.17. The average molecular weight is 273 g/mol. The van der Waals surface area contributed by atoms with Crippen LogP contribution in [-0.4, -0.2) is 55.5 Å². The number of hydrogen-bond acceptors (Lipinski definition) is 5. The molecule has 0 aromatic heterocycles. The largest absolute Gasteiger partial charge is 0.379 e. The highest BCUT2D eigenvalue weighted by Gasteiger charge is 2.36. The summed E-state index contributed by atoms with van der Waals surface area (Å²) in [4.78, 5) is 2.46. The Bertz CT molecular complexity index is 263. The molecule has 1 unspecified atom stereocenters. The Hall–Kier alpha value is -0.200. The fourth-order valence-corrected chi connectivity index (χ4v) is 2.59. The van der Waals surface area contributed by atoms with E-state index in [1.807, 2.05) is 0 Å². The second kappa shape index (κ2) is 6.99. The molecule has 5 nitrogen and oxygen atoms in total. The lowest BCUT2D eigenvalue weighted by Gasteiger charge is -2.46. The van der Waals surface area contributed by atoms with E-state index in [2.05, 4.69) is 38.0 Å². The zero-order valence-electron chi connectivity index (χ0n) is 13.2. The molecular formula is C14H31N3O2. The summed E-state index contributed by atoms with van der Waals surface area (Å²) in [7, 11) is 1.76. The number of hydrogen-bond donors (Lipinski definition) is 2. The van der Waals surface area contributed by atoms with Gasteiger partial charge in [0.2, 0.25) is 0 Å². The van der Waals surface area contributed by atoms with Crippen LogP contribution in [0.4, 0.5) is 0 Å². The highest BCUT2D eigenvalue weighted by atomic mass is 16.5. The maximum absolute atomic E-state index is 5.79. The van der Waals surface area contributed by atoms with Gasteiger partial charge in [-0.25, -0.2) is 0 Å². The van der Waals surface area contributed by atoms with Crippen molar-refractivity contribution in [1.29, 1.82) is 0 Å². The van der Waals surface area contributed by atoms with E-state index in [1.165, 1.54) is 0 Å². The van der Waals surface area contributed by atoms with Crippen molar-refractivity contribution in [3.05, 3.63) is 0 Å². The summed E-state index contributed by atoms with van der Waals surface area (Å²) < 4.78 is 10.9. The van der Waals surface area contributed by atoms with Gasteiger partial charge in [0.05, 0.1) is 18.8 Å². The van der Waals surface area contributed by atoms with Gasteiger partial charge in [0.25, 0.3) is 0 Å². The summed E-state index contributed by atoms with van der Waals surface area (Å²) in [5, 5.41) is 0. The number of morpholine rings is 1. The van der Waals surface area contributed by atoms with Crippen LogP contribution in [-0.2, 0) is 9.47 Å². The van der Waals surface area contributed by atoms with Crippen molar-refractivity contribution >= 4 is 0 Å². The third-order valence-electron chi connectivity index (χ3n) is 4.47. The number of rotatable bonds is 7. The smallest absolute Gasteiger partial charge is 0.0623 e. The molecule has 19 heavy (non-hydrogen) atoms. The molecule has 1 saturated heterocycles. The minimum absolute atomic E-state index is 0.0162. The van der Waals surface area contributed by atoms with Crippen LogP contribution in [0.1, 0.15) is 40.5 Å². The van der Waals surface area contributed by atoms with Gasteiger partial charge in [0.1, 0.15) is 0 Å². The lowest BCUT2D eigenvalue weighted by atomic mass is 9.86. The van der Waals surface area contributed by atoms with E-state index >= 15 is 0 Å². The van der Waals surface area contributed by atoms with E-state index in [4.69, 9.17) is 15.3 Å². The average Bonchev–Trinajstić information content (AvgIpc) is 2.40. The summed E-state index contributed by atoms with van der Waals surface area (Å²) in [5.41, 5.74) is 2.91. The van der Waals surface area contributed by atoms with E-state index in [0.29, 0.717) is 0 Å². The Morgan fingerprint density at radius 1 is 1.26 bits per heavy atom. The number of nitrogens with one attached hydrogen (secondary N) is 1. The van der Waals surface area contributed by atoms with Crippen molar-refractivity contribution < 1.29 is 9.47 Å². The molecule has 0 amide bonds. The topological polar surface area (TPSA) is 59.8 Å². The van der Waals surface area contributed by atoms with Crippen LogP contribution < -0.4 is 11.3 Å². The molecule has 0 radical (unpaired) electrons. The van der Waals surface area contributed by atoms with E-state index in [-0.39, 0.29) is 17.2 Å². The van der Waals surface area contributed by atoms with Crippen LogP contribution in [0, 0.1) is 0 Å². The molecule has 1 fully saturated rings. The van der Waals surface area contributed by atoms with Crippen molar-refractivity contribution in [1.82, 2.24) is 10.3 Å². The Kier molecular flexibility index (Phi) is 6.20. The van der Waals surface area contributed by atoms with Crippen LogP contribution in [0.5, 0.6) is 0 Å². The third kappa shape index (κ3) is 4.68. The van der Waals surface area contributed by atoms with E-state index in [0.717, 1.165) is 39.1 Å². The van der Waals surface area contributed by atoms with Crippen LogP contribution >= 0.6 is 0 Å². The Labute approximate surface area is 117 Å². The summed E-state index contributed by atoms with van der Waals surface area (Å²) >= 11 is 0. The Morgan fingerprint density at radius 2 is 1.84 bits per heavy atom. The van der Waals surface area contributed by atoms with Crippen LogP contribution in [0.2, 0.25) is 0 Å². The molecular weight excluding hydrogens is 242 g/mol. The fraction of sp³-hybridized carbons (Fsp3) is 1.00. The molecule has 1 aliphatic heterocycles. The lowest BCUT2D eigenvalue weighted by Crippen LogP contribution is -2.62. The second-order valence-corrected chi connectivity index (χ2v) is 6.47. The Morgan fingerprint density at radius 3 is 2.32 bits per heavy atom. The van der Waals surface area contributed by atoms with Gasteiger partial charge in [-0.3, -0.25) is 16.2 Å².